The third-order valence-electron chi connectivity index (χ3n) is 5.95. The molecule has 37 heavy (non-hydrogen) atoms. The Balaban J connectivity index is 1.59. The summed E-state index contributed by atoms with van der Waals surface area (Å²) in [6.45, 7) is 3.97. The highest BCUT2D eigenvalue weighted by Crippen LogP contribution is 2.38. The summed E-state index contributed by atoms with van der Waals surface area (Å²) >= 11 is 1.35. The number of para-hydroxylation sites is 1. The Hall–Kier alpha value is -4.83. The molecule has 0 atom stereocenters. The lowest BCUT2D eigenvalue weighted by atomic mass is 10.0. The Morgan fingerprint density at radius 2 is 1.84 bits per heavy atom. The number of phenols is 1. The van der Waals surface area contributed by atoms with E-state index in [0.29, 0.717) is 27.5 Å². The molecule has 184 valence electrons. The van der Waals surface area contributed by atoms with Gasteiger partial charge in [0.25, 0.3) is 5.56 Å². The van der Waals surface area contributed by atoms with Crippen LogP contribution in [0.5, 0.6) is 5.75 Å². The standard InChI is InChI=1S/C27H21N5O4S/c1-15-9-10-19(13-16(15)2)32-26(34)23(22(31-32)25-28-11-12-37-25)30-29-21-8-4-7-20(24(21)33)17-5-3-6-18(14-17)27(35)36/h3-14,31,33H,1-2H3,(H,35,36). The molecular weight excluding hydrogens is 490 g/mol. The van der Waals surface area contributed by atoms with E-state index in [2.05, 4.69) is 20.3 Å². The number of phenolic OH excluding ortho intramolecular Hbond substituents is 1. The maximum absolute atomic E-state index is 13.4. The number of hydrogen-bond donors (Lipinski definition) is 3. The zero-order chi connectivity index (χ0) is 26.1. The molecule has 0 unspecified atom stereocenters. The van der Waals surface area contributed by atoms with Crippen LogP contribution in [0.4, 0.5) is 11.4 Å². The van der Waals surface area contributed by atoms with Crippen LogP contribution in [0.15, 0.2) is 87.3 Å². The van der Waals surface area contributed by atoms with Crippen molar-refractivity contribution in [3.63, 3.8) is 0 Å². The molecule has 0 spiro atoms. The van der Waals surface area contributed by atoms with Crippen molar-refractivity contribution >= 4 is 28.7 Å². The predicted octanol–water partition coefficient (Wildman–Crippen LogP) is 6.39. The van der Waals surface area contributed by atoms with E-state index in [1.807, 2.05) is 32.0 Å². The second kappa shape index (κ2) is 9.67. The molecule has 10 heteroatoms. The molecule has 0 aliphatic rings. The van der Waals surface area contributed by atoms with Crippen molar-refractivity contribution in [2.24, 2.45) is 10.2 Å². The first-order chi connectivity index (χ1) is 17.8. The predicted molar refractivity (Wildman–Crippen MR) is 142 cm³/mol. The number of carbonyl (C=O) groups is 1. The normalized spacial score (nSPS) is 11.3. The van der Waals surface area contributed by atoms with Gasteiger partial charge in [-0.3, -0.25) is 9.89 Å². The number of azo groups is 1. The molecule has 0 aliphatic carbocycles. The largest absolute Gasteiger partial charge is 0.505 e. The second-order valence-electron chi connectivity index (χ2n) is 8.34. The number of aryl methyl sites for hydroxylation is 2. The number of rotatable bonds is 6. The number of nitrogens with one attached hydrogen (secondary N) is 1. The molecule has 5 rings (SSSR count). The van der Waals surface area contributed by atoms with Gasteiger partial charge >= 0.3 is 5.97 Å². The van der Waals surface area contributed by atoms with E-state index in [0.717, 1.165) is 11.1 Å². The van der Waals surface area contributed by atoms with Crippen LogP contribution in [0.1, 0.15) is 21.5 Å². The summed E-state index contributed by atoms with van der Waals surface area (Å²) in [6.07, 6.45) is 1.63. The fourth-order valence-electron chi connectivity index (χ4n) is 3.83. The molecular formula is C27H21N5O4S. The first-order valence-electron chi connectivity index (χ1n) is 11.2. The quantitative estimate of drug-likeness (QED) is 0.227. The number of thiazole rings is 1. The van der Waals surface area contributed by atoms with Gasteiger partial charge in [-0.05, 0) is 60.9 Å². The number of nitrogens with zero attached hydrogens (tertiary/aromatic N) is 4. The lowest BCUT2D eigenvalue weighted by molar-refractivity contribution is 0.0697. The van der Waals surface area contributed by atoms with Crippen LogP contribution >= 0.6 is 11.3 Å². The van der Waals surface area contributed by atoms with Gasteiger partial charge in [0.2, 0.25) is 0 Å². The number of aromatic carboxylic acids is 1. The number of carboxylic acid groups (broad SMARTS) is 1. The minimum absolute atomic E-state index is 0.0471. The summed E-state index contributed by atoms with van der Waals surface area (Å²) in [4.78, 5) is 29.1. The van der Waals surface area contributed by atoms with Gasteiger partial charge < -0.3 is 10.2 Å². The molecule has 0 aliphatic heterocycles. The first-order valence-corrected chi connectivity index (χ1v) is 12.1. The van der Waals surface area contributed by atoms with E-state index >= 15 is 0 Å². The van der Waals surface area contributed by atoms with Crippen LogP contribution < -0.4 is 5.56 Å². The van der Waals surface area contributed by atoms with Gasteiger partial charge in [-0.1, -0.05) is 30.3 Å². The lowest BCUT2D eigenvalue weighted by Gasteiger charge is -2.07. The minimum Gasteiger partial charge on any atom is -0.505 e. The summed E-state index contributed by atoms with van der Waals surface area (Å²) in [6, 6.07) is 16.8. The summed E-state index contributed by atoms with van der Waals surface area (Å²) in [5.74, 6) is -1.26. The van der Waals surface area contributed by atoms with Gasteiger partial charge in [0.1, 0.15) is 16.4 Å². The Morgan fingerprint density at radius 3 is 2.57 bits per heavy atom. The fourth-order valence-corrected chi connectivity index (χ4v) is 4.46. The maximum atomic E-state index is 13.4. The van der Waals surface area contributed by atoms with Gasteiger partial charge in [0, 0.05) is 17.1 Å². The van der Waals surface area contributed by atoms with Crippen LogP contribution in [-0.4, -0.2) is 30.9 Å². The van der Waals surface area contributed by atoms with Gasteiger partial charge in [-0.25, -0.2) is 14.5 Å². The summed E-state index contributed by atoms with van der Waals surface area (Å²) in [5, 5.41) is 34.1. The Bertz CT molecular complexity index is 1720. The molecule has 0 radical (unpaired) electrons. The zero-order valence-corrected chi connectivity index (χ0v) is 20.7. The van der Waals surface area contributed by atoms with Gasteiger partial charge in [-0.15, -0.1) is 21.6 Å². The number of hydrogen-bond acceptors (Lipinski definition) is 7. The third kappa shape index (κ3) is 4.57. The van der Waals surface area contributed by atoms with Crippen molar-refractivity contribution < 1.29 is 15.0 Å². The van der Waals surface area contributed by atoms with E-state index in [9.17, 15) is 19.8 Å². The highest BCUT2D eigenvalue weighted by molar-refractivity contribution is 7.13. The summed E-state index contributed by atoms with van der Waals surface area (Å²) in [7, 11) is 0. The number of aromatic nitrogens is 3. The number of aromatic amines is 1. The van der Waals surface area contributed by atoms with Crippen molar-refractivity contribution in [1.82, 2.24) is 14.8 Å². The summed E-state index contributed by atoms with van der Waals surface area (Å²) < 4.78 is 1.39. The molecule has 2 aromatic heterocycles. The maximum Gasteiger partial charge on any atom is 0.335 e. The average Bonchev–Trinajstić information content (AvgIpc) is 3.53. The number of H-pyrrole nitrogens is 1. The molecule has 0 saturated carbocycles. The van der Waals surface area contributed by atoms with Gasteiger partial charge in [0.15, 0.2) is 11.4 Å². The molecule has 9 nitrogen and oxygen atoms in total. The molecule has 5 aromatic rings. The summed E-state index contributed by atoms with van der Waals surface area (Å²) in [5.41, 5.74) is 3.95. The molecule has 3 N–H and O–H groups in total. The smallest absolute Gasteiger partial charge is 0.335 e. The molecule has 0 fully saturated rings. The van der Waals surface area contributed by atoms with Crippen molar-refractivity contribution in [3.8, 4) is 33.3 Å². The third-order valence-corrected chi connectivity index (χ3v) is 6.74. The van der Waals surface area contributed by atoms with E-state index in [-0.39, 0.29) is 22.7 Å². The second-order valence-corrected chi connectivity index (χ2v) is 9.24. The van der Waals surface area contributed by atoms with E-state index in [1.165, 1.54) is 28.2 Å². The molecule has 0 saturated heterocycles. The highest BCUT2D eigenvalue weighted by Gasteiger charge is 2.19. The SMILES string of the molecule is Cc1ccc(-n2[nH]c(-c3nccs3)c(N=Nc3cccc(-c4cccc(C(=O)O)c4)c3O)c2=O)cc1C. The Labute approximate surface area is 215 Å². The minimum atomic E-state index is -1.07. The highest BCUT2D eigenvalue weighted by atomic mass is 32.1. The number of aromatic hydroxyl groups is 1. The number of benzene rings is 3. The molecule has 0 bridgehead atoms. The van der Waals surface area contributed by atoms with E-state index in [4.69, 9.17) is 0 Å². The zero-order valence-electron chi connectivity index (χ0n) is 19.8. The van der Waals surface area contributed by atoms with Crippen LogP contribution in [-0.2, 0) is 0 Å². The molecule has 0 amide bonds. The van der Waals surface area contributed by atoms with Crippen LogP contribution in [0.2, 0.25) is 0 Å². The Morgan fingerprint density at radius 1 is 1.03 bits per heavy atom. The molecule has 3 aromatic carbocycles. The van der Waals surface area contributed by atoms with Gasteiger partial charge in [0.05, 0.1) is 11.3 Å². The van der Waals surface area contributed by atoms with Crippen molar-refractivity contribution in [3.05, 3.63) is 99.3 Å². The van der Waals surface area contributed by atoms with Crippen LogP contribution in [0.25, 0.3) is 27.5 Å². The van der Waals surface area contributed by atoms with Crippen LogP contribution in [0.3, 0.4) is 0 Å². The van der Waals surface area contributed by atoms with Gasteiger partial charge in [-0.2, -0.15) is 0 Å². The van der Waals surface area contributed by atoms with Crippen LogP contribution in [0, 0.1) is 13.8 Å². The number of carboxylic acids is 1. The first kappa shape index (κ1) is 23.9. The molecule has 2 heterocycles. The Kier molecular flexibility index (Phi) is 6.24. The van der Waals surface area contributed by atoms with Crippen molar-refractivity contribution in [1.29, 1.82) is 0 Å². The topological polar surface area (TPSA) is 133 Å². The monoisotopic (exact) mass is 511 g/mol. The van der Waals surface area contributed by atoms with E-state index in [1.54, 1.807) is 41.9 Å². The fraction of sp³-hybridized carbons (Fsp3) is 0.0741. The average molecular weight is 512 g/mol. The van der Waals surface area contributed by atoms with Crippen molar-refractivity contribution in [2.45, 2.75) is 13.8 Å². The van der Waals surface area contributed by atoms with Crippen molar-refractivity contribution in [2.75, 3.05) is 0 Å². The lowest BCUT2D eigenvalue weighted by Crippen LogP contribution is -2.14. The van der Waals surface area contributed by atoms with E-state index < -0.39 is 11.5 Å².